The number of nitrogens with two attached hydrogens (primary N) is 1. The Bertz CT molecular complexity index is 314. The van der Waals surface area contributed by atoms with Crippen molar-refractivity contribution in [2.75, 3.05) is 19.7 Å². The lowest BCUT2D eigenvalue weighted by Crippen LogP contribution is -2.46. The first-order chi connectivity index (χ1) is 9.71. The number of aliphatic hydroxyl groups is 1. The van der Waals surface area contributed by atoms with Gasteiger partial charge in [0.15, 0.2) is 0 Å². The van der Waals surface area contributed by atoms with Crippen molar-refractivity contribution in [3.63, 3.8) is 0 Å². The van der Waals surface area contributed by atoms with Crippen LogP contribution < -0.4 is 5.73 Å². The van der Waals surface area contributed by atoms with Crippen molar-refractivity contribution in [1.82, 2.24) is 4.90 Å². The van der Waals surface area contributed by atoms with Gasteiger partial charge in [0.25, 0.3) is 0 Å². The molecule has 1 atom stereocenters. The van der Waals surface area contributed by atoms with Crippen LogP contribution in [0.3, 0.4) is 0 Å². The van der Waals surface area contributed by atoms with Gasteiger partial charge in [0.1, 0.15) is 0 Å². The first kappa shape index (κ1) is 15.8. The quantitative estimate of drug-likeness (QED) is 0.829. The predicted octanol–water partition coefficient (Wildman–Crippen LogP) is 2.05. The molecule has 1 unspecified atom stereocenters. The first-order valence-electron chi connectivity index (χ1n) is 8.31. The van der Waals surface area contributed by atoms with E-state index in [9.17, 15) is 9.90 Å². The number of nitrogens with zero attached hydrogens (tertiary/aromatic N) is 1. The summed E-state index contributed by atoms with van der Waals surface area (Å²) in [5, 5.41) is 9.54. The third kappa shape index (κ3) is 3.73. The molecule has 0 radical (unpaired) electrons. The van der Waals surface area contributed by atoms with Crippen molar-refractivity contribution in [3.8, 4) is 0 Å². The van der Waals surface area contributed by atoms with Gasteiger partial charge in [0.2, 0.25) is 5.91 Å². The van der Waals surface area contributed by atoms with Gasteiger partial charge >= 0.3 is 0 Å². The van der Waals surface area contributed by atoms with Crippen LogP contribution in [0.1, 0.15) is 64.2 Å². The molecule has 3 N–H and O–H groups in total. The van der Waals surface area contributed by atoms with Crippen molar-refractivity contribution in [2.45, 2.75) is 70.3 Å². The molecule has 1 heterocycles. The maximum atomic E-state index is 12.7. The van der Waals surface area contributed by atoms with Crippen LogP contribution in [0.25, 0.3) is 0 Å². The van der Waals surface area contributed by atoms with Gasteiger partial charge in [0, 0.05) is 13.0 Å². The van der Waals surface area contributed by atoms with E-state index in [2.05, 4.69) is 0 Å². The summed E-state index contributed by atoms with van der Waals surface area (Å²) in [7, 11) is 0. The molecule has 2 fully saturated rings. The molecule has 4 nitrogen and oxygen atoms in total. The van der Waals surface area contributed by atoms with Crippen LogP contribution in [0, 0.1) is 5.41 Å². The number of rotatable bonds is 4. The van der Waals surface area contributed by atoms with E-state index >= 15 is 0 Å². The minimum Gasteiger partial charge on any atom is -0.394 e. The van der Waals surface area contributed by atoms with Crippen molar-refractivity contribution in [1.29, 1.82) is 0 Å². The second-order valence-corrected chi connectivity index (χ2v) is 6.71. The monoisotopic (exact) mass is 282 g/mol. The minimum atomic E-state index is 0.0294. The molecule has 2 rings (SSSR count). The van der Waals surface area contributed by atoms with Gasteiger partial charge in [-0.15, -0.1) is 0 Å². The molecule has 116 valence electrons. The summed E-state index contributed by atoms with van der Waals surface area (Å²) in [4.78, 5) is 14.7. The maximum absolute atomic E-state index is 12.7. The molecule has 0 bridgehead atoms. The largest absolute Gasteiger partial charge is 0.394 e. The van der Waals surface area contributed by atoms with Crippen LogP contribution in [0.2, 0.25) is 0 Å². The topological polar surface area (TPSA) is 66.6 Å². The molecular weight excluding hydrogens is 252 g/mol. The van der Waals surface area contributed by atoms with Gasteiger partial charge in [-0.3, -0.25) is 4.79 Å². The normalized spacial score (nSPS) is 27.1. The molecular formula is C16H30N2O2. The van der Waals surface area contributed by atoms with Gasteiger partial charge in [0.05, 0.1) is 12.6 Å². The van der Waals surface area contributed by atoms with Gasteiger partial charge in [-0.25, -0.2) is 0 Å². The van der Waals surface area contributed by atoms with Crippen LogP contribution in [0.15, 0.2) is 0 Å². The Hall–Kier alpha value is -0.610. The summed E-state index contributed by atoms with van der Waals surface area (Å²) in [5.74, 6) is 0.221. The number of carbonyl (C=O) groups is 1. The van der Waals surface area contributed by atoms with Crippen molar-refractivity contribution < 1.29 is 9.90 Å². The Balaban J connectivity index is 2.00. The van der Waals surface area contributed by atoms with E-state index in [0.717, 1.165) is 38.6 Å². The van der Waals surface area contributed by atoms with Crippen molar-refractivity contribution >= 4 is 5.91 Å². The van der Waals surface area contributed by atoms with E-state index < -0.39 is 0 Å². The average Bonchev–Trinajstić information content (AvgIpc) is 2.73. The highest BCUT2D eigenvalue weighted by atomic mass is 16.3. The van der Waals surface area contributed by atoms with Crippen LogP contribution in [-0.2, 0) is 4.79 Å². The van der Waals surface area contributed by atoms with Gasteiger partial charge < -0.3 is 15.7 Å². The number of likely N-dealkylation sites (tertiary alicyclic amines) is 1. The zero-order valence-corrected chi connectivity index (χ0v) is 12.6. The van der Waals surface area contributed by atoms with Crippen molar-refractivity contribution in [2.24, 2.45) is 11.1 Å². The molecule has 20 heavy (non-hydrogen) atoms. The van der Waals surface area contributed by atoms with Crippen LogP contribution in [-0.4, -0.2) is 41.7 Å². The second-order valence-electron chi connectivity index (χ2n) is 6.71. The number of aliphatic hydroxyl groups excluding tert-OH is 1. The molecule has 4 heteroatoms. The second kappa shape index (κ2) is 7.41. The van der Waals surface area contributed by atoms with E-state index in [1.54, 1.807) is 0 Å². The Morgan fingerprint density at radius 2 is 1.85 bits per heavy atom. The van der Waals surface area contributed by atoms with E-state index in [1.165, 1.54) is 25.7 Å². The number of hydrogen-bond donors (Lipinski definition) is 2. The smallest absolute Gasteiger partial charge is 0.223 e. The van der Waals surface area contributed by atoms with Crippen LogP contribution in [0.5, 0.6) is 0 Å². The number of carbonyl (C=O) groups excluding carboxylic acids is 1. The third-order valence-electron chi connectivity index (χ3n) is 5.28. The summed E-state index contributed by atoms with van der Waals surface area (Å²) in [5.41, 5.74) is 6.02. The zero-order valence-electron chi connectivity index (χ0n) is 12.6. The van der Waals surface area contributed by atoms with E-state index in [1.807, 2.05) is 4.90 Å². The molecule has 1 aliphatic heterocycles. The Kier molecular flexibility index (Phi) is 5.85. The lowest BCUT2D eigenvalue weighted by Gasteiger charge is -2.38. The standard InChI is InChI=1S/C16H30N2O2/c17-13-16(8-4-2-5-9-16)11-15(20)18-10-6-1-3-7-14(18)12-19/h14,19H,1-13,17H2. The lowest BCUT2D eigenvalue weighted by molar-refractivity contribution is -0.137. The van der Waals surface area contributed by atoms with E-state index in [0.29, 0.717) is 13.0 Å². The molecule has 1 saturated heterocycles. The van der Waals surface area contributed by atoms with E-state index in [-0.39, 0.29) is 24.0 Å². The molecule has 0 aromatic carbocycles. The fourth-order valence-corrected chi connectivity index (χ4v) is 3.87. The third-order valence-corrected chi connectivity index (χ3v) is 5.28. The summed E-state index contributed by atoms with van der Waals surface area (Å²) in [6.45, 7) is 1.53. The Morgan fingerprint density at radius 3 is 2.50 bits per heavy atom. The highest BCUT2D eigenvalue weighted by Gasteiger charge is 2.36. The zero-order chi connectivity index (χ0) is 14.4. The molecule has 0 spiro atoms. The average molecular weight is 282 g/mol. The Morgan fingerprint density at radius 1 is 1.15 bits per heavy atom. The predicted molar refractivity (Wildman–Crippen MR) is 80.2 cm³/mol. The molecule has 0 aromatic rings. The molecule has 1 saturated carbocycles. The fraction of sp³-hybridized carbons (Fsp3) is 0.938. The maximum Gasteiger partial charge on any atom is 0.223 e. The van der Waals surface area contributed by atoms with Gasteiger partial charge in [-0.2, -0.15) is 0 Å². The van der Waals surface area contributed by atoms with Crippen LogP contribution in [0.4, 0.5) is 0 Å². The van der Waals surface area contributed by atoms with Gasteiger partial charge in [-0.1, -0.05) is 32.1 Å². The number of hydrogen-bond acceptors (Lipinski definition) is 3. The van der Waals surface area contributed by atoms with Crippen LogP contribution >= 0.6 is 0 Å². The Labute approximate surface area is 122 Å². The SMILES string of the molecule is NCC1(CC(=O)N2CCCCCC2CO)CCCCC1. The highest BCUT2D eigenvalue weighted by molar-refractivity contribution is 5.77. The summed E-state index contributed by atoms with van der Waals surface area (Å²) in [6, 6.07) is 0.0309. The summed E-state index contributed by atoms with van der Waals surface area (Å²) in [6.07, 6.45) is 10.7. The first-order valence-corrected chi connectivity index (χ1v) is 8.31. The molecule has 2 aliphatic rings. The highest BCUT2D eigenvalue weighted by Crippen LogP contribution is 2.39. The van der Waals surface area contributed by atoms with Gasteiger partial charge in [-0.05, 0) is 37.6 Å². The summed E-state index contributed by atoms with van der Waals surface area (Å²) < 4.78 is 0. The fourth-order valence-electron chi connectivity index (χ4n) is 3.87. The minimum absolute atomic E-state index is 0.0294. The van der Waals surface area contributed by atoms with Crippen molar-refractivity contribution in [3.05, 3.63) is 0 Å². The molecule has 1 amide bonds. The van der Waals surface area contributed by atoms with E-state index in [4.69, 9.17) is 5.73 Å². The molecule has 1 aliphatic carbocycles. The summed E-state index contributed by atoms with van der Waals surface area (Å²) >= 11 is 0. The lowest BCUT2D eigenvalue weighted by atomic mass is 9.71. The molecule has 0 aromatic heterocycles. The number of amides is 1.